The number of aromatic nitrogens is 2. The Labute approximate surface area is 140 Å². The highest BCUT2D eigenvalue weighted by Gasteiger charge is 2.15. The fraction of sp³-hybridized carbons (Fsp3) is 0.412. The molecule has 24 heavy (non-hydrogen) atoms. The Morgan fingerprint density at radius 2 is 2.04 bits per heavy atom. The van der Waals surface area contributed by atoms with E-state index in [-0.39, 0.29) is 30.9 Å². The normalized spacial score (nSPS) is 11.8. The fourth-order valence-electron chi connectivity index (χ4n) is 2.07. The molecule has 0 radical (unpaired) electrons. The van der Waals surface area contributed by atoms with Crippen molar-refractivity contribution in [2.75, 3.05) is 0 Å². The zero-order chi connectivity index (χ0) is 17.4. The Morgan fingerprint density at radius 3 is 2.75 bits per heavy atom. The van der Waals surface area contributed by atoms with Gasteiger partial charge < -0.3 is 14.6 Å². The summed E-state index contributed by atoms with van der Waals surface area (Å²) < 4.78 is 10.1. The van der Waals surface area contributed by atoms with E-state index < -0.39 is 5.97 Å². The van der Waals surface area contributed by atoms with Crippen LogP contribution in [0.5, 0.6) is 0 Å². The monoisotopic (exact) mass is 331 g/mol. The minimum Gasteiger partial charge on any atom is -0.455 e. The number of esters is 1. The molecule has 1 amide bonds. The molecule has 1 atom stereocenters. The number of benzene rings is 1. The number of carbonyl (C=O) groups is 2. The Kier molecular flexibility index (Phi) is 6.48. The van der Waals surface area contributed by atoms with Crippen molar-refractivity contribution in [2.24, 2.45) is 0 Å². The molecule has 2 aromatic rings. The maximum absolute atomic E-state index is 12.0. The molecule has 0 fully saturated rings. The van der Waals surface area contributed by atoms with Crippen molar-refractivity contribution < 1.29 is 18.8 Å². The van der Waals surface area contributed by atoms with E-state index in [9.17, 15) is 9.59 Å². The quantitative estimate of drug-likeness (QED) is 0.746. The highest BCUT2D eigenvalue weighted by molar-refractivity contribution is 5.94. The highest BCUT2D eigenvalue weighted by Crippen LogP contribution is 2.04. The predicted octanol–water partition coefficient (Wildman–Crippen LogP) is 2.27. The van der Waals surface area contributed by atoms with Crippen LogP contribution < -0.4 is 5.32 Å². The second-order valence-electron chi connectivity index (χ2n) is 5.46. The largest absolute Gasteiger partial charge is 0.455 e. The van der Waals surface area contributed by atoms with Gasteiger partial charge in [0.2, 0.25) is 0 Å². The van der Waals surface area contributed by atoms with Crippen molar-refractivity contribution in [2.45, 2.75) is 45.8 Å². The molecule has 128 valence electrons. The Balaban J connectivity index is 1.74. The standard InChI is InChI=1S/C17H21N3O4/c1-3-7-14-19-15(24-20-14)11-23-16(21)10-12(2)18-17(22)13-8-5-4-6-9-13/h4-6,8-9,12H,3,7,10-11H2,1-2H3,(H,18,22). The zero-order valence-electron chi connectivity index (χ0n) is 13.8. The van der Waals surface area contributed by atoms with Crippen LogP contribution in [0.3, 0.4) is 0 Å². The summed E-state index contributed by atoms with van der Waals surface area (Å²) in [5.41, 5.74) is 0.548. The molecule has 1 aromatic heterocycles. The van der Waals surface area contributed by atoms with Gasteiger partial charge in [-0.25, -0.2) is 0 Å². The van der Waals surface area contributed by atoms with Gasteiger partial charge in [0.05, 0.1) is 6.42 Å². The number of ether oxygens (including phenoxy) is 1. The van der Waals surface area contributed by atoms with Crippen molar-refractivity contribution in [1.82, 2.24) is 15.5 Å². The molecule has 0 saturated carbocycles. The summed E-state index contributed by atoms with van der Waals surface area (Å²) in [6.07, 6.45) is 1.70. The number of amides is 1. The van der Waals surface area contributed by atoms with E-state index >= 15 is 0 Å². The average molecular weight is 331 g/mol. The van der Waals surface area contributed by atoms with E-state index in [0.717, 1.165) is 12.8 Å². The topological polar surface area (TPSA) is 94.3 Å². The van der Waals surface area contributed by atoms with Crippen molar-refractivity contribution in [3.8, 4) is 0 Å². The smallest absolute Gasteiger partial charge is 0.308 e. The molecule has 2 rings (SSSR count). The molecule has 0 aliphatic heterocycles. The number of hydrogen-bond donors (Lipinski definition) is 1. The van der Waals surface area contributed by atoms with Gasteiger partial charge in [0.25, 0.3) is 11.8 Å². The number of carbonyl (C=O) groups excluding carboxylic acids is 2. The first kappa shape index (κ1) is 17.7. The van der Waals surface area contributed by atoms with Gasteiger partial charge in [0, 0.05) is 18.0 Å². The lowest BCUT2D eigenvalue weighted by Gasteiger charge is -2.13. The molecule has 7 heteroatoms. The predicted molar refractivity (Wildman–Crippen MR) is 86.1 cm³/mol. The molecular formula is C17H21N3O4. The van der Waals surface area contributed by atoms with Crippen LogP contribution in [-0.4, -0.2) is 28.1 Å². The van der Waals surface area contributed by atoms with Crippen LogP contribution in [-0.2, 0) is 22.6 Å². The molecule has 0 aliphatic rings. The molecule has 1 unspecified atom stereocenters. The van der Waals surface area contributed by atoms with Crippen LogP contribution in [0, 0.1) is 0 Å². The van der Waals surface area contributed by atoms with Gasteiger partial charge in [-0.3, -0.25) is 9.59 Å². The molecule has 0 aliphatic carbocycles. The summed E-state index contributed by atoms with van der Waals surface area (Å²) >= 11 is 0. The summed E-state index contributed by atoms with van der Waals surface area (Å²) in [6.45, 7) is 3.70. The lowest BCUT2D eigenvalue weighted by atomic mass is 10.2. The van der Waals surface area contributed by atoms with Crippen molar-refractivity contribution in [3.05, 3.63) is 47.6 Å². The third kappa shape index (κ3) is 5.49. The zero-order valence-corrected chi connectivity index (χ0v) is 13.8. The Morgan fingerprint density at radius 1 is 1.29 bits per heavy atom. The van der Waals surface area contributed by atoms with Crippen LogP contribution in [0.2, 0.25) is 0 Å². The molecule has 7 nitrogen and oxygen atoms in total. The lowest BCUT2D eigenvalue weighted by molar-refractivity contribution is -0.146. The maximum Gasteiger partial charge on any atom is 0.308 e. The number of aryl methyl sites for hydroxylation is 1. The third-order valence-electron chi connectivity index (χ3n) is 3.23. The average Bonchev–Trinajstić information content (AvgIpc) is 3.01. The van der Waals surface area contributed by atoms with Gasteiger partial charge in [0.1, 0.15) is 0 Å². The molecular weight excluding hydrogens is 310 g/mol. The number of hydrogen-bond acceptors (Lipinski definition) is 6. The minimum absolute atomic E-state index is 0.0606. The molecule has 1 heterocycles. The van der Waals surface area contributed by atoms with Crippen LogP contribution in [0.15, 0.2) is 34.9 Å². The molecule has 1 N–H and O–H groups in total. The molecule has 0 spiro atoms. The maximum atomic E-state index is 12.0. The van der Waals surface area contributed by atoms with Gasteiger partial charge in [-0.05, 0) is 25.5 Å². The number of nitrogens with one attached hydrogen (secondary N) is 1. The Bertz CT molecular complexity index is 669. The highest BCUT2D eigenvalue weighted by atomic mass is 16.6. The van der Waals surface area contributed by atoms with E-state index in [4.69, 9.17) is 9.26 Å². The molecule has 0 saturated heterocycles. The van der Waals surface area contributed by atoms with Crippen molar-refractivity contribution in [1.29, 1.82) is 0 Å². The first-order valence-electron chi connectivity index (χ1n) is 7.91. The van der Waals surface area contributed by atoms with Crippen LogP contribution in [0.1, 0.15) is 48.8 Å². The summed E-state index contributed by atoms with van der Waals surface area (Å²) in [6, 6.07) is 8.48. The summed E-state index contributed by atoms with van der Waals surface area (Å²) in [7, 11) is 0. The first-order valence-corrected chi connectivity index (χ1v) is 7.91. The molecule has 0 bridgehead atoms. The van der Waals surface area contributed by atoms with Crippen LogP contribution >= 0.6 is 0 Å². The van der Waals surface area contributed by atoms with Gasteiger partial charge in [-0.15, -0.1) is 0 Å². The van der Waals surface area contributed by atoms with E-state index in [2.05, 4.69) is 15.5 Å². The number of rotatable bonds is 8. The lowest BCUT2D eigenvalue weighted by Crippen LogP contribution is -2.34. The van der Waals surface area contributed by atoms with Crippen LogP contribution in [0.4, 0.5) is 0 Å². The first-order chi connectivity index (χ1) is 11.6. The number of nitrogens with zero attached hydrogens (tertiary/aromatic N) is 2. The summed E-state index contributed by atoms with van der Waals surface area (Å²) in [4.78, 5) is 27.9. The van der Waals surface area contributed by atoms with E-state index in [1.807, 2.05) is 13.0 Å². The summed E-state index contributed by atoms with van der Waals surface area (Å²) in [5.74, 6) is 0.211. The molecule has 1 aromatic carbocycles. The van der Waals surface area contributed by atoms with Gasteiger partial charge in [0.15, 0.2) is 12.4 Å². The third-order valence-corrected chi connectivity index (χ3v) is 3.23. The van der Waals surface area contributed by atoms with E-state index in [0.29, 0.717) is 11.4 Å². The minimum atomic E-state index is -0.439. The van der Waals surface area contributed by atoms with Gasteiger partial charge in [-0.1, -0.05) is 30.3 Å². The SMILES string of the molecule is CCCc1noc(COC(=O)CC(C)NC(=O)c2ccccc2)n1. The van der Waals surface area contributed by atoms with Crippen molar-refractivity contribution in [3.63, 3.8) is 0 Å². The van der Waals surface area contributed by atoms with Gasteiger partial charge >= 0.3 is 5.97 Å². The van der Waals surface area contributed by atoms with Gasteiger partial charge in [-0.2, -0.15) is 4.98 Å². The summed E-state index contributed by atoms with van der Waals surface area (Å²) in [5, 5.41) is 6.54. The second kappa shape index (κ2) is 8.81. The van der Waals surface area contributed by atoms with E-state index in [1.165, 1.54) is 0 Å². The van der Waals surface area contributed by atoms with Crippen LogP contribution in [0.25, 0.3) is 0 Å². The van der Waals surface area contributed by atoms with E-state index in [1.54, 1.807) is 31.2 Å². The van der Waals surface area contributed by atoms with Crippen molar-refractivity contribution >= 4 is 11.9 Å². The second-order valence-corrected chi connectivity index (χ2v) is 5.46. The Hall–Kier alpha value is -2.70. The fourth-order valence-corrected chi connectivity index (χ4v) is 2.07.